The zero-order valence-corrected chi connectivity index (χ0v) is 50.8. The van der Waals surface area contributed by atoms with Crippen molar-refractivity contribution in [1.29, 1.82) is 0 Å². The number of aliphatic hydroxyl groups excluding tert-OH is 5. The van der Waals surface area contributed by atoms with Crippen LogP contribution in [0.5, 0.6) is 0 Å². The largest absolute Gasteiger partial charge is 0.394 e. The fraction of sp³-hybridized carbons (Fsp3) is 0.676. The van der Waals surface area contributed by atoms with Gasteiger partial charge in [-0.2, -0.15) is 0 Å². The van der Waals surface area contributed by atoms with Crippen molar-refractivity contribution in [3.63, 3.8) is 0 Å². The molecule has 1 amide bonds. The number of carbonyl (C=O) groups is 1. The maximum atomic E-state index is 13.1. The van der Waals surface area contributed by atoms with E-state index in [0.717, 1.165) is 109 Å². The van der Waals surface area contributed by atoms with E-state index in [0.29, 0.717) is 6.42 Å². The van der Waals surface area contributed by atoms with E-state index >= 15 is 0 Å². The fourth-order valence-corrected chi connectivity index (χ4v) is 9.40. The number of amides is 1. The van der Waals surface area contributed by atoms with Crippen molar-refractivity contribution in [1.82, 2.24) is 5.32 Å². The molecule has 1 aliphatic rings. The van der Waals surface area contributed by atoms with E-state index in [1.54, 1.807) is 6.08 Å². The number of unbranched alkanes of at least 4 members (excludes halogenated alkanes) is 24. The molecule has 0 aromatic rings. The Balaban J connectivity index is 2.20. The molecule has 1 fully saturated rings. The summed E-state index contributed by atoms with van der Waals surface area (Å²) < 4.78 is 11.3. The molecule has 7 atom stereocenters. The van der Waals surface area contributed by atoms with Crippen molar-refractivity contribution in [2.75, 3.05) is 13.2 Å². The zero-order valence-electron chi connectivity index (χ0n) is 50.8. The van der Waals surface area contributed by atoms with Gasteiger partial charge in [0.05, 0.1) is 25.4 Å². The van der Waals surface area contributed by atoms with Crippen LogP contribution in [0.25, 0.3) is 0 Å². The van der Waals surface area contributed by atoms with Gasteiger partial charge in [-0.3, -0.25) is 4.79 Å². The molecule has 0 aromatic carbocycles. The highest BCUT2D eigenvalue weighted by molar-refractivity contribution is 5.76. The van der Waals surface area contributed by atoms with Gasteiger partial charge in [0.2, 0.25) is 5.91 Å². The van der Waals surface area contributed by atoms with Gasteiger partial charge >= 0.3 is 0 Å². The van der Waals surface area contributed by atoms with Crippen molar-refractivity contribution in [2.24, 2.45) is 0 Å². The van der Waals surface area contributed by atoms with E-state index in [2.05, 4.69) is 141 Å². The molecule has 1 rings (SSSR count). The van der Waals surface area contributed by atoms with Crippen molar-refractivity contribution in [2.45, 2.75) is 294 Å². The lowest BCUT2D eigenvalue weighted by molar-refractivity contribution is -0.302. The molecule has 456 valence electrons. The minimum absolute atomic E-state index is 0.197. The highest BCUT2D eigenvalue weighted by atomic mass is 16.7. The minimum atomic E-state index is -1.58. The van der Waals surface area contributed by atoms with E-state index in [1.807, 2.05) is 6.08 Å². The third kappa shape index (κ3) is 46.9. The molecular weight excluding hydrogens is 995 g/mol. The third-order valence-electron chi connectivity index (χ3n) is 14.5. The standard InChI is InChI=1S/C71H119NO8/c1-3-5-7-9-11-13-15-17-19-21-23-25-26-27-28-29-30-31-32-33-34-35-36-37-38-39-40-41-43-45-47-49-51-53-55-57-59-61-67(75)72-64(63-79-71-70(78)69(77)68(76)66(62-73)80-71)65(74)60-58-56-54-52-50-48-46-44-42-24-22-20-18-16-14-12-10-8-6-4-2/h5,7,11,13,17,19,23,25,27-28,30-31,33-34,36-37,39-40,50,52,58,60,64-66,68-71,73-74,76-78H,3-4,6,8-10,12,14-16,18,20-22,24,26,29,32,35,38,41-49,51,53-57,59,61-63H2,1-2H3,(H,72,75)/b7-5-,13-11-,19-17-,25-23-,28-27-,31-30-,34-33-,37-36-,40-39-,52-50+,60-58+. The molecule has 0 aromatic heterocycles. The van der Waals surface area contributed by atoms with Crippen molar-refractivity contribution in [3.8, 4) is 0 Å². The Bertz CT molecular complexity index is 1720. The number of nitrogens with one attached hydrogen (secondary N) is 1. The van der Waals surface area contributed by atoms with Crippen molar-refractivity contribution in [3.05, 3.63) is 134 Å². The zero-order chi connectivity index (χ0) is 57.9. The lowest BCUT2D eigenvalue weighted by Gasteiger charge is -2.40. The number of ether oxygens (including phenoxy) is 2. The molecule has 0 spiro atoms. The Morgan fingerprint density at radius 2 is 0.787 bits per heavy atom. The van der Waals surface area contributed by atoms with Crippen LogP contribution in [0, 0.1) is 0 Å². The van der Waals surface area contributed by atoms with Crippen molar-refractivity contribution < 1.29 is 39.8 Å². The van der Waals surface area contributed by atoms with Gasteiger partial charge in [-0.05, 0) is 103 Å². The van der Waals surface area contributed by atoms with Gasteiger partial charge in [-0.15, -0.1) is 0 Å². The van der Waals surface area contributed by atoms with Gasteiger partial charge in [0, 0.05) is 6.42 Å². The van der Waals surface area contributed by atoms with Crippen LogP contribution >= 0.6 is 0 Å². The Morgan fingerprint density at radius 3 is 1.20 bits per heavy atom. The van der Waals surface area contributed by atoms with E-state index in [9.17, 15) is 30.3 Å². The summed E-state index contributed by atoms with van der Waals surface area (Å²) in [5.41, 5.74) is 0. The van der Waals surface area contributed by atoms with Crippen LogP contribution in [0.2, 0.25) is 0 Å². The van der Waals surface area contributed by atoms with Crippen LogP contribution in [0.3, 0.4) is 0 Å². The van der Waals surface area contributed by atoms with Crippen LogP contribution in [-0.2, 0) is 14.3 Å². The summed E-state index contributed by atoms with van der Waals surface area (Å²) >= 11 is 0. The maximum Gasteiger partial charge on any atom is 0.220 e. The van der Waals surface area contributed by atoms with Crippen LogP contribution in [0.1, 0.15) is 251 Å². The number of hydrogen-bond acceptors (Lipinski definition) is 8. The second-order valence-electron chi connectivity index (χ2n) is 21.8. The number of allylic oxidation sites excluding steroid dienone is 21. The van der Waals surface area contributed by atoms with Crippen LogP contribution in [-0.4, -0.2) is 87.5 Å². The summed E-state index contributed by atoms with van der Waals surface area (Å²) in [5, 5.41) is 54.6. The first-order valence-electron chi connectivity index (χ1n) is 32.4. The molecule has 1 aliphatic heterocycles. The SMILES string of the molecule is CC/C=C\C/C=C\C/C=C\C/C=C\C/C=C\C/C=C\C/C=C\C/C=C\C/C=C\CCCCCCCCCCCC(=O)NC(COC1OC(CO)C(O)C(O)C1O)C(O)/C=C/CC/C=C/CCCCCCCCCCCCCCCC. The van der Waals surface area contributed by atoms with Crippen LogP contribution in [0.4, 0.5) is 0 Å². The second-order valence-corrected chi connectivity index (χ2v) is 21.8. The lowest BCUT2D eigenvalue weighted by Crippen LogP contribution is -2.60. The summed E-state index contributed by atoms with van der Waals surface area (Å²) in [6.45, 7) is 3.65. The highest BCUT2D eigenvalue weighted by Gasteiger charge is 2.44. The normalized spacial score (nSPS) is 19.4. The first kappa shape index (κ1) is 74.3. The Kier molecular flexibility index (Phi) is 54.4. The molecule has 0 aliphatic carbocycles. The molecule has 9 nitrogen and oxygen atoms in total. The van der Waals surface area contributed by atoms with E-state index in [4.69, 9.17) is 9.47 Å². The Morgan fingerprint density at radius 1 is 0.438 bits per heavy atom. The average Bonchev–Trinajstić information content (AvgIpc) is 3.46. The molecule has 9 heteroatoms. The first-order valence-corrected chi connectivity index (χ1v) is 32.4. The van der Waals surface area contributed by atoms with Gasteiger partial charge in [0.25, 0.3) is 0 Å². The fourth-order valence-electron chi connectivity index (χ4n) is 9.40. The molecule has 1 saturated heterocycles. The molecule has 6 N–H and O–H groups in total. The smallest absolute Gasteiger partial charge is 0.220 e. The Hall–Kier alpha value is -3.67. The minimum Gasteiger partial charge on any atom is -0.394 e. The summed E-state index contributed by atoms with van der Waals surface area (Å²) in [7, 11) is 0. The molecule has 7 unspecified atom stereocenters. The van der Waals surface area contributed by atoms with Crippen molar-refractivity contribution >= 4 is 5.91 Å². The molecule has 0 saturated carbocycles. The molecule has 0 radical (unpaired) electrons. The summed E-state index contributed by atoms with van der Waals surface area (Å²) in [6, 6.07) is -0.835. The predicted molar refractivity (Wildman–Crippen MR) is 340 cm³/mol. The number of hydrogen-bond donors (Lipinski definition) is 6. The monoisotopic (exact) mass is 1110 g/mol. The van der Waals surface area contributed by atoms with E-state index in [1.165, 1.54) is 122 Å². The van der Waals surface area contributed by atoms with Crippen LogP contribution < -0.4 is 5.32 Å². The Labute approximate surface area is 490 Å². The highest BCUT2D eigenvalue weighted by Crippen LogP contribution is 2.23. The van der Waals surface area contributed by atoms with Gasteiger partial charge in [0.1, 0.15) is 24.4 Å². The van der Waals surface area contributed by atoms with Gasteiger partial charge < -0.3 is 40.3 Å². The van der Waals surface area contributed by atoms with E-state index < -0.39 is 49.5 Å². The maximum absolute atomic E-state index is 13.1. The number of aliphatic hydroxyl groups is 5. The predicted octanol–water partition coefficient (Wildman–Crippen LogP) is 17.2. The second kappa shape index (κ2) is 58.5. The first-order chi connectivity index (χ1) is 39.3. The van der Waals surface area contributed by atoms with Crippen LogP contribution in [0.15, 0.2) is 134 Å². The molecular formula is C71H119NO8. The lowest BCUT2D eigenvalue weighted by atomic mass is 9.99. The van der Waals surface area contributed by atoms with Gasteiger partial charge in [0.15, 0.2) is 6.29 Å². The van der Waals surface area contributed by atoms with Gasteiger partial charge in [-0.1, -0.05) is 276 Å². The molecule has 80 heavy (non-hydrogen) atoms. The quantitative estimate of drug-likeness (QED) is 0.0261. The number of carbonyl (C=O) groups excluding carboxylic acids is 1. The third-order valence-corrected chi connectivity index (χ3v) is 14.5. The molecule has 1 heterocycles. The summed E-state index contributed by atoms with van der Waals surface area (Å²) in [4.78, 5) is 13.1. The van der Waals surface area contributed by atoms with E-state index in [-0.39, 0.29) is 12.5 Å². The van der Waals surface area contributed by atoms with Gasteiger partial charge in [-0.25, -0.2) is 0 Å². The summed E-state index contributed by atoms with van der Waals surface area (Å²) in [5.74, 6) is -0.197. The number of rotatable bonds is 54. The molecule has 0 bridgehead atoms. The summed E-state index contributed by atoms with van der Waals surface area (Å²) in [6.07, 6.45) is 82.4. The topological polar surface area (TPSA) is 149 Å². The average molecular weight is 1110 g/mol.